The van der Waals surface area contributed by atoms with Crippen molar-refractivity contribution in [2.24, 2.45) is 35.5 Å². The molecular weight excluding hydrogens is 1180 g/mol. The minimum atomic E-state index is -3.96. The number of methoxy groups -OCH3 is 2. The molecule has 4 aromatic carbocycles. The fourth-order valence-corrected chi connectivity index (χ4v) is 19.4. The molecule has 2 N–H and O–H groups in total. The van der Waals surface area contributed by atoms with Gasteiger partial charge in [-0.1, -0.05) is 59.6 Å². The maximum atomic E-state index is 13.5. The summed E-state index contributed by atoms with van der Waals surface area (Å²) in [6.07, 6.45) is 19.6. The molecule has 16 nitrogen and oxygen atoms in total. The highest BCUT2D eigenvalue weighted by molar-refractivity contribution is 7.91. The van der Waals surface area contributed by atoms with Gasteiger partial charge >= 0.3 is 0 Å². The highest BCUT2D eigenvalue weighted by atomic mass is 35.5. The predicted molar refractivity (Wildman–Crippen MR) is 331 cm³/mol. The minimum Gasteiger partial charge on any atom is -0.490 e. The van der Waals surface area contributed by atoms with Crippen LogP contribution in [-0.2, 0) is 62.7 Å². The summed E-state index contributed by atoms with van der Waals surface area (Å²) < 4.78 is 94.6. The maximum absolute atomic E-state index is 13.5. The van der Waals surface area contributed by atoms with Crippen molar-refractivity contribution in [1.82, 2.24) is 9.44 Å². The van der Waals surface area contributed by atoms with Gasteiger partial charge in [-0.2, -0.15) is 0 Å². The van der Waals surface area contributed by atoms with Gasteiger partial charge in [0, 0.05) is 84.2 Å². The first-order chi connectivity index (χ1) is 41.5. The van der Waals surface area contributed by atoms with Gasteiger partial charge in [-0.05, 0) is 184 Å². The molecule has 10 aliphatic rings. The number of carbonyl (C=O) groups is 2. The van der Waals surface area contributed by atoms with Crippen molar-refractivity contribution in [3.63, 3.8) is 0 Å². The topological polar surface area (TPSA) is 188 Å². The number of hydrogen-bond donors (Lipinski definition) is 2. The molecule has 12 atom stereocenters. The number of nitrogens with one attached hydrogen (secondary N) is 2. The Kier molecular flexibility index (Phi) is 16.9. The Morgan fingerprint density at radius 3 is 1.41 bits per heavy atom. The van der Waals surface area contributed by atoms with Crippen LogP contribution in [0.25, 0.3) is 0 Å². The largest absolute Gasteiger partial charge is 0.490 e. The number of carbonyl (C=O) groups excluding carboxylic acids is 2. The van der Waals surface area contributed by atoms with Crippen molar-refractivity contribution in [2.45, 2.75) is 111 Å². The van der Waals surface area contributed by atoms with Crippen LogP contribution in [0.4, 0.5) is 11.4 Å². The highest BCUT2D eigenvalue weighted by Gasteiger charge is 2.48. The van der Waals surface area contributed by atoms with E-state index in [1.54, 1.807) is 38.5 Å². The number of fused-ring (bicyclic) bond motifs is 10. The average molecular weight is 1250 g/mol. The standard InChI is InChI=1S/2C33H39ClN2O6S/c2*1-40-29-6-2-4-24-17-41-18-31(24)43(38,39)35-32(37)22-8-12-30-28(15-22)36(16-23-7-10-26(23)29)19-33(20-42-30)13-3-5-21-14-25(34)9-11-27(21)33/h2*2,6,8-9,11-12,14-15,23-24,26,29,31H,3-5,7,10,13,16-20H2,1H3,(H,35,37)/b2*6-2+/t23-,24+,26+,29-,31+,33-;23-,24-,26+,29-,31-,33-/m00/s1. The molecule has 0 radical (unpaired) electrons. The number of rotatable bonds is 2. The van der Waals surface area contributed by atoms with E-state index in [-0.39, 0.29) is 48.1 Å². The molecule has 6 heterocycles. The third kappa shape index (κ3) is 11.6. The molecule has 6 aliphatic heterocycles. The molecule has 2 saturated heterocycles. The van der Waals surface area contributed by atoms with E-state index in [4.69, 9.17) is 51.6 Å². The van der Waals surface area contributed by atoms with Crippen LogP contribution < -0.4 is 28.7 Å². The Morgan fingerprint density at radius 2 is 1.00 bits per heavy atom. The third-order valence-corrected chi connectivity index (χ3v) is 25.0. The van der Waals surface area contributed by atoms with Crippen LogP contribution in [0.3, 0.4) is 0 Å². The van der Waals surface area contributed by atoms with Crippen LogP contribution in [0.1, 0.15) is 107 Å². The van der Waals surface area contributed by atoms with E-state index < -0.39 is 42.4 Å². The third-order valence-electron chi connectivity index (χ3n) is 20.9. The molecule has 460 valence electrons. The van der Waals surface area contributed by atoms with Crippen molar-refractivity contribution < 1.29 is 54.8 Å². The van der Waals surface area contributed by atoms with Gasteiger partial charge in [-0.3, -0.25) is 9.59 Å². The quantitative estimate of drug-likeness (QED) is 0.181. The Balaban J connectivity index is 0.000000160. The van der Waals surface area contributed by atoms with Gasteiger partial charge in [-0.15, -0.1) is 0 Å². The summed E-state index contributed by atoms with van der Waals surface area (Å²) in [7, 11) is -4.41. The van der Waals surface area contributed by atoms with Crippen LogP contribution in [0.5, 0.6) is 11.5 Å². The van der Waals surface area contributed by atoms with Crippen molar-refractivity contribution in [1.29, 1.82) is 0 Å². The number of aryl methyl sites for hydroxylation is 2. The molecule has 86 heavy (non-hydrogen) atoms. The summed E-state index contributed by atoms with van der Waals surface area (Å²) in [6, 6.07) is 23.0. The first-order valence-electron chi connectivity index (χ1n) is 30.8. The first-order valence-corrected chi connectivity index (χ1v) is 34.7. The Hall–Kier alpha value is -5.18. The SMILES string of the molecule is CO[C@H]1/C=C/C[C@@H]2COC[C@H]2S(=O)(=O)NC(=O)c2ccc3c(c2)N(C[C@@H]2CC[C@H]21)C[C@@]1(CCCc2cc(Cl)ccc21)CO3.CO[C@H]1/C=C/C[C@H]2COC[C@@H]2S(=O)(=O)NC(=O)c2ccc3c(c2)N(C[C@@H]2CC[C@H]21)C[C@@]1(CCCc2cc(Cl)ccc21)CO3. The number of nitrogens with zero attached hydrogens (tertiary/aromatic N) is 2. The first kappa shape index (κ1) is 59.8. The Morgan fingerprint density at radius 1 is 0.558 bits per heavy atom. The van der Waals surface area contributed by atoms with E-state index in [0.29, 0.717) is 85.6 Å². The highest BCUT2D eigenvalue weighted by Crippen LogP contribution is 2.50. The van der Waals surface area contributed by atoms with Gasteiger partial charge in [0.1, 0.15) is 22.0 Å². The lowest BCUT2D eigenvalue weighted by atomic mass is 9.68. The van der Waals surface area contributed by atoms with Gasteiger partial charge in [0.25, 0.3) is 11.8 Å². The van der Waals surface area contributed by atoms with Gasteiger partial charge in [0.2, 0.25) is 20.0 Å². The lowest BCUT2D eigenvalue weighted by Gasteiger charge is -2.46. The molecule has 4 aromatic rings. The number of anilines is 2. The molecule has 20 heteroatoms. The van der Waals surface area contributed by atoms with E-state index in [9.17, 15) is 26.4 Å². The van der Waals surface area contributed by atoms with Crippen molar-refractivity contribution in [2.75, 3.05) is 89.8 Å². The van der Waals surface area contributed by atoms with E-state index in [1.807, 2.05) is 36.4 Å². The number of sulfonamides is 2. The van der Waals surface area contributed by atoms with E-state index in [1.165, 1.54) is 22.3 Å². The van der Waals surface area contributed by atoms with Crippen LogP contribution >= 0.6 is 23.2 Å². The summed E-state index contributed by atoms with van der Waals surface area (Å²) in [5.74, 6) is 1.19. The molecular formula is C66H78Cl2N4O12S2. The predicted octanol–water partition coefficient (Wildman–Crippen LogP) is 9.78. The Bertz CT molecular complexity index is 3320. The summed E-state index contributed by atoms with van der Waals surface area (Å²) in [6.45, 7) is 4.91. The average Bonchev–Trinajstić information content (AvgIpc) is 3.60. The molecule has 4 bridgehead atoms. The lowest BCUT2D eigenvalue weighted by Crippen LogP contribution is -2.49. The zero-order chi connectivity index (χ0) is 59.5. The number of hydrogen-bond acceptors (Lipinski definition) is 14. The van der Waals surface area contributed by atoms with Gasteiger partial charge in [0.15, 0.2) is 0 Å². The summed E-state index contributed by atoms with van der Waals surface area (Å²) >= 11 is 12.8. The zero-order valence-corrected chi connectivity index (χ0v) is 52.1. The van der Waals surface area contributed by atoms with E-state index >= 15 is 0 Å². The van der Waals surface area contributed by atoms with Crippen LogP contribution in [0.15, 0.2) is 97.1 Å². The normalized spacial score (nSPS) is 34.0. The number of ether oxygens (including phenoxy) is 6. The zero-order valence-electron chi connectivity index (χ0n) is 48.9. The second-order valence-electron chi connectivity index (χ2n) is 25.9. The molecule has 0 aromatic heterocycles. The number of amides is 2. The minimum absolute atomic E-state index is 0.0516. The lowest BCUT2D eigenvalue weighted by molar-refractivity contribution is 0.0131. The smallest absolute Gasteiger partial charge is 0.264 e. The summed E-state index contributed by atoms with van der Waals surface area (Å²) in [4.78, 5) is 31.7. The molecule has 4 fully saturated rings. The van der Waals surface area contributed by atoms with Crippen molar-refractivity contribution in [3.05, 3.63) is 141 Å². The second kappa shape index (κ2) is 24.3. The number of allylic oxidation sites excluding steroid dienone is 2. The molecule has 0 unspecified atom stereocenters. The van der Waals surface area contributed by atoms with Gasteiger partial charge < -0.3 is 38.2 Å². The summed E-state index contributed by atoms with van der Waals surface area (Å²) in [5.41, 5.74) is 6.88. The van der Waals surface area contributed by atoms with Crippen LogP contribution in [0, 0.1) is 35.5 Å². The van der Waals surface area contributed by atoms with Crippen molar-refractivity contribution >= 4 is 66.4 Å². The Labute approximate surface area is 515 Å². The fourth-order valence-electron chi connectivity index (χ4n) is 16.0. The number of benzene rings is 4. The molecule has 2 saturated carbocycles. The van der Waals surface area contributed by atoms with Gasteiger partial charge in [0.05, 0.1) is 63.2 Å². The molecule has 2 spiro atoms. The maximum Gasteiger partial charge on any atom is 0.264 e. The van der Waals surface area contributed by atoms with E-state index in [2.05, 4.69) is 55.7 Å². The fraction of sp³-hybridized carbons (Fsp3) is 0.545. The van der Waals surface area contributed by atoms with Crippen LogP contribution in [0.2, 0.25) is 10.0 Å². The second-order valence-corrected chi connectivity index (χ2v) is 30.6. The molecule has 14 rings (SSSR count). The monoisotopic (exact) mass is 1250 g/mol. The molecule has 4 aliphatic carbocycles. The van der Waals surface area contributed by atoms with Crippen LogP contribution in [-0.4, -0.2) is 131 Å². The van der Waals surface area contributed by atoms with Gasteiger partial charge in [-0.25, -0.2) is 26.3 Å². The summed E-state index contributed by atoms with van der Waals surface area (Å²) in [5, 5.41) is -0.106. The number of halogens is 2. The van der Waals surface area contributed by atoms with Crippen molar-refractivity contribution in [3.8, 4) is 11.5 Å². The molecule has 2 amide bonds. The van der Waals surface area contributed by atoms with E-state index in [0.717, 1.165) is 112 Å².